The van der Waals surface area contributed by atoms with Crippen molar-refractivity contribution in [3.63, 3.8) is 0 Å². The Balaban J connectivity index is 1.24. The van der Waals surface area contributed by atoms with E-state index in [4.69, 9.17) is 9.84 Å². The minimum Gasteiger partial charge on any atom is -0.481 e. The first-order valence-electron chi connectivity index (χ1n) is 11.6. The van der Waals surface area contributed by atoms with E-state index in [0.29, 0.717) is 17.8 Å². The van der Waals surface area contributed by atoms with Crippen molar-refractivity contribution >= 4 is 23.7 Å². The third-order valence-corrected chi connectivity index (χ3v) is 6.04. The van der Waals surface area contributed by atoms with Crippen molar-refractivity contribution in [1.82, 2.24) is 5.32 Å². The Morgan fingerprint density at radius 1 is 0.943 bits per heavy atom. The van der Waals surface area contributed by atoms with Crippen LogP contribution in [0.4, 0.5) is 10.5 Å². The Bertz CT molecular complexity index is 1190. The van der Waals surface area contributed by atoms with Crippen LogP contribution in [0.2, 0.25) is 0 Å². The number of carbonyl (C=O) groups is 3. The Kier molecular flexibility index (Phi) is 7.45. The summed E-state index contributed by atoms with van der Waals surface area (Å²) >= 11 is 0. The molecule has 0 heterocycles. The lowest BCUT2D eigenvalue weighted by Gasteiger charge is -2.16. The molecule has 0 saturated carbocycles. The molecule has 3 aromatic rings. The minimum absolute atomic E-state index is 0.00626. The Hall–Kier alpha value is -4.13. The van der Waals surface area contributed by atoms with Crippen molar-refractivity contribution in [2.24, 2.45) is 5.92 Å². The highest BCUT2D eigenvalue weighted by Gasteiger charge is 2.29. The van der Waals surface area contributed by atoms with Gasteiger partial charge in [0, 0.05) is 24.6 Å². The first-order chi connectivity index (χ1) is 16.9. The number of carboxylic acid groups (broad SMARTS) is 1. The van der Waals surface area contributed by atoms with Gasteiger partial charge in [0.05, 0.1) is 6.42 Å². The average molecular weight is 473 g/mol. The van der Waals surface area contributed by atoms with E-state index in [1.54, 1.807) is 24.3 Å². The molecule has 3 aromatic carbocycles. The maximum absolute atomic E-state index is 12.4. The van der Waals surface area contributed by atoms with Crippen LogP contribution in [0.1, 0.15) is 36.0 Å². The number of carboxylic acids is 1. The number of amides is 2. The standard InChI is InChI=1S/C28H28N2O5/c1-18(13-26(31)30-20-8-6-7-19(14-20)15-27(32)33)16-29-28(34)35-17-25-23-11-4-2-9-21(23)22-10-3-5-12-24(22)25/h2-12,14,18,25H,13,15-17H2,1H3,(H,29,34)(H,30,31)(H,32,33). The molecule has 35 heavy (non-hydrogen) atoms. The molecule has 0 radical (unpaired) electrons. The van der Waals surface area contributed by atoms with Crippen molar-refractivity contribution in [2.45, 2.75) is 25.7 Å². The van der Waals surface area contributed by atoms with Crippen LogP contribution in [0.5, 0.6) is 0 Å². The molecule has 2 amide bonds. The lowest BCUT2D eigenvalue weighted by atomic mass is 9.98. The van der Waals surface area contributed by atoms with Crippen molar-refractivity contribution < 1.29 is 24.2 Å². The predicted molar refractivity (Wildman–Crippen MR) is 133 cm³/mol. The van der Waals surface area contributed by atoms with Crippen LogP contribution >= 0.6 is 0 Å². The summed E-state index contributed by atoms with van der Waals surface area (Å²) in [5.41, 5.74) is 5.80. The number of aliphatic carboxylic acids is 1. The lowest BCUT2D eigenvalue weighted by Crippen LogP contribution is -2.31. The third kappa shape index (κ3) is 6.06. The van der Waals surface area contributed by atoms with Crippen molar-refractivity contribution in [3.05, 3.63) is 89.5 Å². The largest absolute Gasteiger partial charge is 0.481 e. The van der Waals surface area contributed by atoms with Gasteiger partial charge in [0.15, 0.2) is 0 Å². The summed E-state index contributed by atoms with van der Waals surface area (Å²) in [6.45, 7) is 2.40. The average Bonchev–Trinajstić information content (AvgIpc) is 3.15. The maximum Gasteiger partial charge on any atom is 0.407 e. The molecule has 7 heteroatoms. The van der Waals surface area contributed by atoms with Gasteiger partial charge in [0.1, 0.15) is 6.61 Å². The summed E-state index contributed by atoms with van der Waals surface area (Å²) < 4.78 is 5.54. The monoisotopic (exact) mass is 472 g/mol. The number of hydrogen-bond acceptors (Lipinski definition) is 4. The molecule has 4 rings (SSSR count). The zero-order valence-electron chi connectivity index (χ0n) is 19.5. The highest BCUT2D eigenvalue weighted by Crippen LogP contribution is 2.44. The molecular formula is C28H28N2O5. The first-order valence-corrected chi connectivity index (χ1v) is 11.6. The Labute approximate surface area is 204 Å². The Morgan fingerprint density at radius 2 is 1.60 bits per heavy atom. The fraction of sp³-hybridized carbons (Fsp3) is 0.250. The second kappa shape index (κ2) is 10.9. The van der Waals surface area contributed by atoms with Crippen molar-refractivity contribution in [2.75, 3.05) is 18.5 Å². The number of carbonyl (C=O) groups excluding carboxylic acids is 2. The summed E-state index contributed by atoms with van der Waals surface area (Å²) in [5.74, 6) is -1.26. The number of rotatable bonds is 9. The van der Waals surface area contributed by atoms with Crippen molar-refractivity contribution in [1.29, 1.82) is 0 Å². The van der Waals surface area contributed by atoms with E-state index >= 15 is 0 Å². The molecule has 0 bridgehead atoms. The summed E-state index contributed by atoms with van der Waals surface area (Å²) in [6, 6.07) is 23.1. The van der Waals surface area contributed by atoms with Gasteiger partial charge in [-0.2, -0.15) is 0 Å². The summed E-state index contributed by atoms with van der Waals surface area (Å²) in [7, 11) is 0. The summed E-state index contributed by atoms with van der Waals surface area (Å²) in [4.78, 5) is 35.6. The van der Waals surface area contributed by atoms with Gasteiger partial charge in [-0.3, -0.25) is 9.59 Å². The van der Waals surface area contributed by atoms with Gasteiger partial charge in [0.2, 0.25) is 5.91 Å². The molecule has 0 fully saturated rings. The number of hydrogen-bond donors (Lipinski definition) is 3. The van der Waals surface area contributed by atoms with Gasteiger partial charge in [-0.25, -0.2) is 4.79 Å². The fourth-order valence-electron chi connectivity index (χ4n) is 4.44. The zero-order valence-corrected chi connectivity index (χ0v) is 19.5. The van der Waals surface area contributed by atoms with Crippen LogP contribution in [0.15, 0.2) is 72.8 Å². The number of anilines is 1. The highest BCUT2D eigenvalue weighted by molar-refractivity contribution is 5.91. The predicted octanol–water partition coefficient (Wildman–Crippen LogP) is 4.82. The number of ether oxygens (including phenoxy) is 1. The SMILES string of the molecule is CC(CNC(=O)OCC1c2ccccc2-c2ccccc21)CC(=O)Nc1cccc(CC(=O)O)c1. The molecule has 1 aliphatic carbocycles. The van der Waals surface area contributed by atoms with E-state index in [1.165, 1.54) is 11.1 Å². The lowest BCUT2D eigenvalue weighted by molar-refractivity contribution is -0.136. The quantitative estimate of drug-likeness (QED) is 0.414. The molecular weight excluding hydrogens is 444 g/mol. The van der Waals surface area contributed by atoms with Gasteiger partial charge in [-0.1, -0.05) is 67.6 Å². The van der Waals surface area contributed by atoms with Gasteiger partial charge in [-0.05, 0) is 45.9 Å². The van der Waals surface area contributed by atoms with E-state index < -0.39 is 12.1 Å². The Morgan fingerprint density at radius 3 is 2.26 bits per heavy atom. The first kappa shape index (κ1) is 24.0. The number of alkyl carbamates (subject to hydrolysis) is 1. The second-order valence-corrected chi connectivity index (χ2v) is 8.83. The van der Waals surface area contributed by atoms with Gasteiger partial charge in [-0.15, -0.1) is 0 Å². The normalized spacial score (nSPS) is 12.8. The molecule has 180 valence electrons. The second-order valence-electron chi connectivity index (χ2n) is 8.83. The van der Waals surface area contributed by atoms with Crippen LogP contribution in [-0.4, -0.2) is 36.2 Å². The molecule has 1 aliphatic rings. The van der Waals surface area contributed by atoms with Crippen LogP contribution in [0, 0.1) is 5.92 Å². The van der Waals surface area contributed by atoms with Gasteiger partial charge in [0.25, 0.3) is 0 Å². The van der Waals surface area contributed by atoms with Gasteiger partial charge >= 0.3 is 12.1 Å². The number of fused-ring (bicyclic) bond motifs is 3. The molecule has 0 spiro atoms. The van der Waals surface area contributed by atoms with E-state index in [-0.39, 0.29) is 37.2 Å². The van der Waals surface area contributed by atoms with E-state index in [1.807, 2.05) is 31.2 Å². The summed E-state index contributed by atoms with van der Waals surface area (Å²) in [5, 5.41) is 14.4. The van der Waals surface area contributed by atoms with Crippen LogP contribution < -0.4 is 10.6 Å². The highest BCUT2D eigenvalue weighted by atomic mass is 16.5. The van der Waals surface area contributed by atoms with E-state index in [2.05, 4.69) is 34.9 Å². The number of benzene rings is 3. The molecule has 0 aliphatic heterocycles. The summed E-state index contributed by atoms with van der Waals surface area (Å²) in [6.07, 6.45) is -0.419. The van der Waals surface area contributed by atoms with Gasteiger partial charge < -0.3 is 20.5 Å². The van der Waals surface area contributed by atoms with E-state index in [0.717, 1.165) is 11.1 Å². The maximum atomic E-state index is 12.4. The molecule has 0 saturated heterocycles. The zero-order chi connectivity index (χ0) is 24.8. The molecule has 1 atom stereocenters. The fourth-order valence-corrected chi connectivity index (χ4v) is 4.44. The van der Waals surface area contributed by atoms with Crippen LogP contribution in [-0.2, 0) is 20.7 Å². The molecule has 7 nitrogen and oxygen atoms in total. The van der Waals surface area contributed by atoms with Crippen molar-refractivity contribution in [3.8, 4) is 11.1 Å². The third-order valence-electron chi connectivity index (χ3n) is 6.04. The molecule has 1 unspecified atom stereocenters. The van der Waals surface area contributed by atoms with Crippen LogP contribution in [0.25, 0.3) is 11.1 Å². The molecule has 0 aromatic heterocycles. The number of nitrogens with one attached hydrogen (secondary N) is 2. The van der Waals surface area contributed by atoms with Crippen LogP contribution in [0.3, 0.4) is 0 Å². The topological polar surface area (TPSA) is 105 Å². The van der Waals surface area contributed by atoms with E-state index in [9.17, 15) is 14.4 Å². The smallest absolute Gasteiger partial charge is 0.407 e. The minimum atomic E-state index is -0.929. The molecule has 3 N–H and O–H groups in total.